The lowest BCUT2D eigenvalue weighted by Gasteiger charge is -2.11. The van der Waals surface area contributed by atoms with Gasteiger partial charge in [-0.05, 0) is 17.2 Å². The molecule has 0 aliphatic rings. The van der Waals surface area contributed by atoms with Crippen LogP contribution in [-0.2, 0) is 21.8 Å². The second-order valence-electron chi connectivity index (χ2n) is 3.61. The molecule has 0 spiro atoms. The first kappa shape index (κ1) is 16.1. The second kappa shape index (κ2) is 6.99. The van der Waals surface area contributed by atoms with Gasteiger partial charge in [-0.2, -0.15) is 8.78 Å². The highest BCUT2D eigenvalue weighted by Gasteiger charge is 2.22. The van der Waals surface area contributed by atoms with Crippen LogP contribution >= 0.6 is 11.6 Å². The smallest absolute Gasteiger partial charge is 0.387 e. The van der Waals surface area contributed by atoms with Crippen LogP contribution in [-0.4, -0.2) is 24.6 Å². The zero-order valence-corrected chi connectivity index (χ0v) is 11.0. The van der Waals surface area contributed by atoms with E-state index in [0.717, 1.165) is 19.2 Å². The number of nitrogens with zero attached hydrogens (tertiary/aromatic N) is 1. The summed E-state index contributed by atoms with van der Waals surface area (Å²) in [4.78, 5) is 21.2. The molecule has 0 saturated carbocycles. The average Bonchev–Trinajstić information content (AvgIpc) is 2.37. The molecular formula is C11H10ClF2NO5. The highest BCUT2D eigenvalue weighted by atomic mass is 35.5. The van der Waals surface area contributed by atoms with Crippen LogP contribution < -0.4 is 4.74 Å². The van der Waals surface area contributed by atoms with Crippen molar-refractivity contribution in [2.75, 3.05) is 7.11 Å². The van der Waals surface area contributed by atoms with Crippen LogP contribution in [0.25, 0.3) is 0 Å². The molecule has 0 amide bonds. The van der Waals surface area contributed by atoms with Crippen molar-refractivity contribution in [3.05, 3.63) is 33.4 Å². The zero-order valence-electron chi connectivity index (χ0n) is 10.3. The van der Waals surface area contributed by atoms with Crippen LogP contribution in [0.15, 0.2) is 12.1 Å². The minimum Gasteiger partial charge on any atom is -0.469 e. The van der Waals surface area contributed by atoms with Crippen LogP contribution in [0.1, 0.15) is 11.1 Å². The standard InChI is InChI=1S/C11H10ClF2NO5/c1-19-10(16)4-6-3-9(20-11(13)14)8(15(17)18)2-7(6)5-12/h2-3,11H,4-5H2,1H3. The van der Waals surface area contributed by atoms with E-state index in [0.29, 0.717) is 0 Å². The number of hydrogen-bond donors (Lipinski definition) is 0. The van der Waals surface area contributed by atoms with Crippen molar-refractivity contribution >= 4 is 23.3 Å². The molecule has 0 aliphatic carbocycles. The van der Waals surface area contributed by atoms with Gasteiger partial charge in [-0.1, -0.05) is 0 Å². The Bertz CT molecular complexity index is 524. The number of carbonyl (C=O) groups is 1. The molecule has 0 fully saturated rings. The number of benzene rings is 1. The molecule has 0 radical (unpaired) electrons. The lowest BCUT2D eigenvalue weighted by atomic mass is 10.0. The maximum Gasteiger partial charge on any atom is 0.387 e. The van der Waals surface area contributed by atoms with Crippen molar-refractivity contribution in [1.29, 1.82) is 0 Å². The third-order valence-corrected chi connectivity index (χ3v) is 2.69. The van der Waals surface area contributed by atoms with E-state index in [1.807, 2.05) is 0 Å². The third-order valence-electron chi connectivity index (χ3n) is 2.40. The molecule has 0 aliphatic heterocycles. The summed E-state index contributed by atoms with van der Waals surface area (Å²) >= 11 is 5.63. The van der Waals surface area contributed by atoms with Crippen molar-refractivity contribution in [2.45, 2.75) is 18.9 Å². The molecule has 0 unspecified atom stereocenters. The van der Waals surface area contributed by atoms with Gasteiger partial charge in [0.2, 0.25) is 5.75 Å². The molecule has 20 heavy (non-hydrogen) atoms. The minimum absolute atomic E-state index is 0.123. The maximum absolute atomic E-state index is 12.2. The molecule has 0 bridgehead atoms. The first-order chi connectivity index (χ1) is 9.38. The monoisotopic (exact) mass is 309 g/mol. The van der Waals surface area contributed by atoms with E-state index < -0.39 is 28.9 Å². The van der Waals surface area contributed by atoms with Crippen LogP contribution in [0.2, 0.25) is 0 Å². The van der Waals surface area contributed by atoms with E-state index in [2.05, 4.69) is 9.47 Å². The van der Waals surface area contributed by atoms with Crippen LogP contribution in [0.3, 0.4) is 0 Å². The average molecular weight is 310 g/mol. The predicted molar refractivity (Wildman–Crippen MR) is 65.0 cm³/mol. The van der Waals surface area contributed by atoms with Crippen molar-refractivity contribution < 1.29 is 28.0 Å². The summed E-state index contributed by atoms with van der Waals surface area (Å²) in [6.45, 7) is -3.22. The van der Waals surface area contributed by atoms with Gasteiger partial charge in [0.1, 0.15) is 0 Å². The molecule has 9 heteroatoms. The largest absolute Gasteiger partial charge is 0.469 e. The number of nitro benzene ring substituents is 1. The number of halogens is 3. The zero-order chi connectivity index (χ0) is 15.3. The second-order valence-corrected chi connectivity index (χ2v) is 3.88. The summed E-state index contributed by atoms with van der Waals surface area (Å²) < 4.78 is 33.0. The SMILES string of the molecule is COC(=O)Cc1cc(OC(F)F)c([N+](=O)[O-])cc1CCl. The van der Waals surface area contributed by atoms with Crippen LogP contribution in [0.5, 0.6) is 5.75 Å². The Kier molecular flexibility index (Phi) is 5.63. The molecule has 0 N–H and O–H groups in total. The van der Waals surface area contributed by atoms with E-state index in [1.54, 1.807) is 0 Å². The Hall–Kier alpha value is -1.96. The summed E-state index contributed by atoms with van der Waals surface area (Å²) in [5.74, 6) is -1.38. The number of hydrogen-bond acceptors (Lipinski definition) is 5. The highest BCUT2D eigenvalue weighted by molar-refractivity contribution is 6.17. The molecule has 0 aromatic heterocycles. The molecule has 110 valence electrons. The molecule has 0 atom stereocenters. The molecule has 0 saturated heterocycles. The Morgan fingerprint density at radius 3 is 2.55 bits per heavy atom. The van der Waals surface area contributed by atoms with Gasteiger partial charge in [0.15, 0.2) is 0 Å². The van der Waals surface area contributed by atoms with E-state index in [4.69, 9.17) is 11.6 Å². The van der Waals surface area contributed by atoms with Gasteiger partial charge in [0.05, 0.1) is 18.5 Å². The van der Waals surface area contributed by atoms with E-state index in [-0.39, 0.29) is 23.4 Å². The molecule has 1 aromatic rings. The van der Waals surface area contributed by atoms with E-state index >= 15 is 0 Å². The molecule has 0 heterocycles. The summed E-state index contributed by atoms with van der Waals surface area (Å²) in [6, 6.07) is 2.00. The fourth-order valence-electron chi connectivity index (χ4n) is 1.50. The van der Waals surface area contributed by atoms with Gasteiger partial charge in [-0.25, -0.2) is 0 Å². The number of nitro groups is 1. The fourth-order valence-corrected chi connectivity index (χ4v) is 1.75. The van der Waals surface area contributed by atoms with Gasteiger partial charge in [0, 0.05) is 11.9 Å². The van der Waals surface area contributed by atoms with Crippen molar-refractivity contribution in [3.63, 3.8) is 0 Å². The Balaban J connectivity index is 3.29. The van der Waals surface area contributed by atoms with Gasteiger partial charge in [-0.15, -0.1) is 11.6 Å². The van der Waals surface area contributed by atoms with Gasteiger partial charge in [-0.3, -0.25) is 14.9 Å². The Morgan fingerprint density at radius 2 is 2.10 bits per heavy atom. The first-order valence-electron chi connectivity index (χ1n) is 5.26. The molecular weight excluding hydrogens is 300 g/mol. The fraction of sp³-hybridized carbons (Fsp3) is 0.364. The number of carbonyl (C=O) groups excluding carboxylic acids is 1. The Morgan fingerprint density at radius 1 is 1.45 bits per heavy atom. The minimum atomic E-state index is -3.22. The van der Waals surface area contributed by atoms with Crippen LogP contribution in [0, 0.1) is 10.1 Å². The maximum atomic E-state index is 12.2. The van der Waals surface area contributed by atoms with Crippen molar-refractivity contribution in [1.82, 2.24) is 0 Å². The topological polar surface area (TPSA) is 78.7 Å². The van der Waals surface area contributed by atoms with Crippen molar-refractivity contribution in [2.24, 2.45) is 0 Å². The molecule has 6 nitrogen and oxygen atoms in total. The lowest BCUT2D eigenvalue weighted by Crippen LogP contribution is -2.10. The van der Waals surface area contributed by atoms with Gasteiger partial charge >= 0.3 is 18.3 Å². The lowest BCUT2D eigenvalue weighted by molar-refractivity contribution is -0.386. The molecule has 1 rings (SSSR count). The van der Waals surface area contributed by atoms with Gasteiger partial charge < -0.3 is 9.47 Å². The summed E-state index contributed by atoms with van der Waals surface area (Å²) in [7, 11) is 1.16. The highest BCUT2D eigenvalue weighted by Crippen LogP contribution is 2.33. The summed E-state index contributed by atoms with van der Waals surface area (Å²) in [6.07, 6.45) is -0.254. The first-order valence-corrected chi connectivity index (χ1v) is 5.80. The number of methoxy groups -OCH3 is 1. The normalized spacial score (nSPS) is 10.4. The summed E-state index contributed by atoms with van der Waals surface area (Å²) in [5, 5.41) is 10.8. The van der Waals surface area contributed by atoms with Crippen molar-refractivity contribution in [3.8, 4) is 5.75 Å². The predicted octanol–water partition coefficient (Wildman–Crippen LogP) is 2.65. The Labute approximate surface area is 117 Å². The van der Waals surface area contributed by atoms with Crippen LogP contribution in [0.4, 0.5) is 14.5 Å². The number of esters is 1. The van der Waals surface area contributed by atoms with Gasteiger partial charge in [0.25, 0.3) is 0 Å². The quantitative estimate of drug-likeness (QED) is 0.349. The number of alkyl halides is 3. The number of ether oxygens (including phenoxy) is 2. The molecule has 1 aromatic carbocycles. The third kappa shape index (κ3) is 4.02. The number of rotatable bonds is 6. The van der Waals surface area contributed by atoms with E-state index in [9.17, 15) is 23.7 Å². The van der Waals surface area contributed by atoms with E-state index in [1.165, 1.54) is 0 Å². The summed E-state index contributed by atoms with van der Waals surface area (Å²) in [5.41, 5.74) is -0.145.